The smallest absolute Gasteiger partial charge is 0.269 e. The zero-order valence-corrected chi connectivity index (χ0v) is 24.2. The lowest BCUT2D eigenvalue weighted by molar-refractivity contribution is -0.384. The second-order valence-corrected chi connectivity index (χ2v) is 10.3. The van der Waals surface area contributed by atoms with E-state index in [9.17, 15) is 20.2 Å². The summed E-state index contributed by atoms with van der Waals surface area (Å²) in [5, 5.41) is 24.5. The maximum Gasteiger partial charge on any atom is 0.269 e. The van der Waals surface area contributed by atoms with Crippen molar-refractivity contribution >= 4 is 62.5 Å². The number of halogens is 3. The van der Waals surface area contributed by atoms with Gasteiger partial charge >= 0.3 is 0 Å². The van der Waals surface area contributed by atoms with Gasteiger partial charge in [0.1, 0.15) is 36.4 Å². The Morgan fingerprint density at radius 2 is 1.78 bits per heavy atom. The number of nitro benzene ring substituents is 1. The van der Waals surface area contributed by atoms with Crippen molar-refractivity contribution in [2.75, 3.05) is 5.32 Å². The number of nitro groups is 1. The van der Waals surface area contributed by atoms with Crippen molar-refractivity contribution in [3.8, 4) is 17.6 Å². The van der Waals surface area contributed by atoms with E-state index in [1.165, 1.54) is 18.2 Å². The van der Waals surface area contributed by atoms with Gasteiger partial charge in [0.15, 0.2) is 0 Å². The first-order chi connectivity index (χ1) is 19.7. The monoisotopic (exact) mass is 651 g/mol. The van der Waals surface area contributed by atoms with Crippen molar-refractivity contribution < 1.29 is 19.2 Å². The van der Waals surface area contributed by atoms with Crippen molar-refractivity contribution in [2.45, 2.75) is 13.2 Å². The largest absolute Gasteiger partial charge is 0.489 e. The molecule has 11 heteroatoms. The van der Waals surface area contributed by atoms with Gasteiger partial charge in [-0.1, -0.05) is 57.3 Å². The van der Waals surface area contributed by atoms with Crippen LogP contribution < -0.4 is 14.8 Å². The Morgan fingerprint density at radius 3 is 2.49 bits per heavy atom. The normalized spacial score (nSPS) is 10.9. The number of nitriles is 1. The minimum Gasteiger partial charge on any atom is -0.489 e. The van der Waals surface area contributed by atoms with Gasteiger partial charge in [-0.15, -0.1) is 0 Å². The topological polar surface area (TPSA) is 114 Å². The van der Waals surface area contributed by atoms with Gasteiger partial charge in [0.05, 0.1) is 4.92 Å². The van der Waals surface area contributed by atoms with E-state index in [1.807, 2.05) is 6.07 Å². The van der Waals surface area contributed by atoms with Crippen molar-refractivity contribution in [1.29, 1.82) is 5.26 Å². The van der Waals surface area contributed by atoms with Gasteiger partial charge in [-0.25, -0.2) is 0 Å². The summed E-state index contributed by atoms with van der Waals surface area (Å²) >= 11 is 15.5. The third-order valence-corrected chi connectivity index (χ3v) is 6.75. The molecule has 0 saturated heterocycles. The first kappa shape index (κ1) is 29.6. The van der Waals surface area contributed by atoms with Crippen molar-refractivity contribution in [1.82, 2.24) is 0 Å². The molecule has 4 aromatic carbocycles. The number of hydrogen-bond acceptors (Lipinski definition) is 6. The molecule has 4 rings (SSSR count). The Bertz CT molecular complexity index is 1670. The highest BCUT2D eigenvalue weighted by molar-refractivity contribution is 9.10. The maximum atomic E-state index is 12.9. The predicted octanol–water partition coefficient (Wildman–Crippen LogP) is 8.37. The number of non-ortho nitro benzene ring substituents is 1. The minimum atomic E-state index is -0.612. The van der Waals surface area contributed by atoms with Crippen LogP contribution >= 0.6 is 39.1 Å². The first-order valence-electron chi connectivity index (χ1n) is 12.0. The summed E-state index contributed by atoms with van der Waals surface area (Å²) in [6, 6.07) is 25.0. The number of nitrogens with one attached hydrogen (secondary N) is 1. The molecule has 0 spiro atoms. The van der Waals surface area contributed by atoms with Crippen molar-refractivity contribution in [3.63, 3.8) is 0 Å². The van der Waals surface area contributed by atoms with E-state index in [0.717, 1.165) is 5.56 Å². The van der Waals surface area contributed by atoms with Crippen LogP contribution in [0.3, 0.4) is 0 Å². The lowest BCUT2D eigenvalue weighted by atomic mass is 10.1. The van der Waals surface area contributed by atoms with E-state index in [1.54, 1.807) is 72.8 Å². The summed E-state index contributed by atoms with van der Waals surface area (Å²) in [6.07, 6.45) is 1.41. The number of carbonyl (C=O) groups is 1. The standard InChI is InChI=1S/C30H20BrCl2N3O5/c31-23-5-11-29(41-17-19-2-1-3-26(12-19)36(38)39)21(14-23)13-22(16-34)30(37)35-25-7-9-27(10-8-25)40-18-20-4-6-24(32)15-28(20)33/h1-15H,17-18H2,(H,35,37)/b22-13+. The van der Waals surface area contributed by atoms with E-state index >= 15 is 0 Å². The molecule has 0 aliphatic rings. The average molecular weight is 653 g/mol. The number of rotatable bonds is 10. The van der Waals surface area contributed by atoms with Crippen LogP contribution in [0.15, 0.2) is 95.0 Å². The molecule has 4 aromatic rings. The third-order valence-electron chi connectivity index (χ3n) is 5.67. The molecule has 0 bridgehead atoms. The van der Waals surface area contributed by atoms with Crippen LogP contribution in [0.5, 0.6) is 11.5 Å². The molecular formula is C30H20BrCl2N3O5. The average Bonchev–Trinajstić information content (AvgIpc) is 2.95. The molecule has 0 heterocycles. The van der Waals surface area contributed by atoms with Gasteiger partial charge in [-0.05, 0) is 66.2 Å². The SMILES string of the molecule is N#C/C(=C\c1cc(Br)ccc1OCc1cccc([N+](=O)[O-])c1)C(=O)Nc1ccc(OCc2ccc(Cl)cc2Cl)cc1. The second-order valence-electron chi connectivity index (χ2n) is 8.57. The highest BCUT2D eigenvalue weighted by Gasteiger charge is 2.13. The fourth-order valence-electron chi connectivity index (χ4n) is 3.62. The number of hydrogen-bond donors (Lipinski definition) is 1. The van der Waals surface area contributed by atoms with Gasteiger partial charge in [0, 0.05) is 43.5 Å². The third kappa shape index (κ3) is 8.32. The van der Waals surface area contributed by atoms with E-state index in [2.05, 4.69) is 21.2 Å². The van der Waals surface area contributed by atoms with Crippen LogP contribution in [-0.4, -0.2) is 10.8 Å². The number of nitrogens with zero attached hydrogens (tertiary/aromatic N) is 2. The molecule has 8 nitrogen and oxygen atoms in total. The van der Waals surface area contributed by atoms with E-state index < -0.39 is 10.8 Å². The van der Waals surface area contributed by atoms with Crippen LogP contribution in [0, 0.1) is 21.4 Å². The lowest BCUT2D eigenvalue weighted by Gasteiger charge is -2.11. The van der Waals surface area contributed by atoms with Crippen LogP contribution in [-0.2, 0) is 18.0 Å². The molecule has 0 aliphatic heterocycles. The maximum absolute atomic E-state index is 12.9. The summed E-state index contributed by atoms with van der Waals surface area (Å²) in [5.74, 6) is 0.339. The van der Waals surface area contributed by atoms with Gasteiger partial charge in [0.2, 0.25) is 0 Å². The Kier molecular flexibility index (Phi) is 9.98. The number of anilines is 1. The lowest BCUT2D eigenvalue weighted by Crippen LogP contribution is -2.13. The number of carbonyl (C=O) groups excluding carboxylic acids is 1. The molecule has 0 saturated carbocycles. The fraction of sp³-hybridized carbons (Fsp3) is 0.0667. The molecule has 0 radical (unpaired) electrons. The van der Waals surface area contributed by atoms with Crippen molar-refractivity contribution in [3.05, 3.63) is 132 Å². The molecule has 0 fully saturated rings. The van der Waals surface area contributed by atoms with Crippen molar-refractivity contribution in [2.24, 2.45) is 0 Å². The molecule has 0 aromatic heterocycles. The molecule has 0 atom stereocenters. The van der Waals surface area contributed by atoms with E-state index in [0.29, 0.717) is 42.8 Å². The number of amides is 1. The Balaban J connectivity index is 1.43. The molecule has 206 valence electrons. The first-order valence-corrected chi connectivity index (χ1v) is 13.5. The van der Waals surface area contributed by atoms with E-state index in [-0.39, 0.29) is 24.5 Å². The summed E-state index contributed by atoms with van der Waals surface area (Å²) in [4.78, 5) is 23.5. The molecule has 0 aliphatic carbocycles. The zero-order chi connectivity index (χ0) is 29.4. The fourth-order valence-corrected chi connectivity index (χ4v) is 4.46. The molecule has 1 N–H and O–H groups in total. The van der Waals surface area contributed by atoms with Crippen LogP contribution in [0.4, 0.5) is 11.4 Å². The summed E-state index contributed by atoms with van der Waals surface area (Å²) in [5.41, 5.74) is 2.11. The van der Waals surface area contributed by atoms with Gasteiger partial charge in [0.25, 0.3) is 11.6 Å². The molecule has 1 amide bonds. The molecule has 41 heavy (non-hydrogen) atoms. The van der Waals surface area contributed by atoms with Crippen LogP contribution in [0.1, 0.15) is 16.7 Å². The van der Waals surface area contributed by atoms with Crippen LogP contribution in [0.2, 0.25) is 10.0 Å². The second kappa shape index (κ2) is 13.8. The highest BCUT2D eigenvalue weighted by atomic mass is 79.9. The zero-order valence-electron chi connectivity index (χ0n) is 21.1. The molecule has 0 unspecified atom stereocenters. The Hall–Kier alpha value is -4.36. The number of ether oxygens (including phenoxy) is 2. The van der Waals surface area contributed by atoms with Crippen LogP contribution in [0.25, 0.3) is 6.08 Å². The molecular weight excluding hydrogens is 633 g/mol. The van der Waals surface area contributed by atoms with Gasteiger partial charge < -0.3 is 14.8 Å². The Labute approximate surface area is 254 Å². The van der Waals surface area contributed by atoms with Gasteiger partial charge in [-0.2, -0.15) is 5.26 Å². The van der Waals surface area contributed by atoms with Gasteiger partial charge in [-0.3, -0.25) is 14.9 Å². The Morgan fingerprint density at radius 1 is 1.00 bits per heavy atom. The van der Waals surface area contributed by atoms with E-state index in [4.69, 9.17) is 32.7 Å². The summed E-state index contributed by atoms with van der Waals surface area (Å²) in [6.45, 7) is 0.290. The quantitative estimate of drug-likeness (QED) is 0.0797. The summed E-state index contributed by atoms with van der Waals surface area (Å²) < 4.78 is 12.3. The predicted molar refractivity (Wildman–Crippen MR) is 161 cm³/mol. The minimum absolute atomic E-state index is 0.0454. The highest BCUT2D eigenvalue weighted by Crippen LogP contribution is 2.28. The summed E-state index contributed by atoms with van der Waals surface area (Å²) in [7, 11) is 0. The number of benzene rings is 4.